The molecule has 1 rings (SSSR count). The second-order valence-electron chi connectivity index (χ2n) is 1.40. The normalized spacial score (nSPS) is 8.90. The Bertz CT molecular complexity index is 260. The van der Waals surface area contributed by atoms with Gasteiger partial charge in [0.2, 0.25) is 5.95 Å². The highest BCUT2D eigenvalue weighted by atomic mass is 35.5. The van der Waals surface area contributed by atoms with Gasteiger partial charge in [0.15, 0.2) is 5.82 Å². The zero-order valence-electron chi connectivity index (χ0n) is 4.82. The van der Waals surface area contributed by atoms with E-state index in [-0.39, 0.29) is 11.8 Å². The topological polar surface area (TPSA) is 90.3 Å². The van der Waals surface area contributed by atoms with E-state index >= 15 is 0 Å². The first-order valence-electron chi connectivity index (χ1n) is 2.39. The van der Waals surface area contributed by atoms with E-state index in [0.717, 1.165) is 0 Å². The summed E-state index contributed by atoms with van der Waals surface area (Å²) in [5, 5.41) is 9.18. The Balaban J connectivity index is 2.87. The number of aromatic nitrogens is 3. The summed E-state index contributed by atoms with van der Waals surface area (Å²) in [4.78, 5) is 6.20. The highest BCUT2D eigenvalue weighted by Gasteiger charge is 1.96. The van der Waals surface area contributed by atoms with Gasteiger partial charge in [0.05, 0.1) is 5.88 Å². The first-order valence-corrected chi connectivity index (χ1v) is 2.92. The number of aromatic amines is 1. The highest BCUT2D eigenvalue weighted by Crippen LogP contribution is 2.03. The van der Waals surface area contributed by atoms with Gasteiger partial charge < -0.3 is 0 Å². The van der Waals surface area contributed by atoms with Crippen LogP contribution in [-0.2, 0) is 5.88 Å². The Labute approximate surface area is 60.9 Å². The number of hydrogen-bond acceptors (Lipinski definition) is 3. The molecule has 6 nitrogen and oxygen atoms in total. The molecule has 0 radical (unpaired) electrons. The summed E-state index contributed by atoms with van der Waals surface area (Å²) in [6.07, 6.45) is 0. The van der Waals surface area contributed by atoms with E-state index in [4.69, 9.17) is 17.1 Å². The Kier molecular flexibility index (Phi) is 2.09. The van der Waals surface area contributed by atoms with Crippen molar-refractivity contribution in [3.63, 3.8) is 0 Å². The van der Waals surface area contributed by atoms with Crippen LogP contribution in [0.1, 0.15) is 5.82 Å². The van der Waals surface area contributed by atoms with Crippen molar-refractivity contribution < 1.29 is 0 Å². The number of halogens is 1. The van der Waals surface area contributed by atoms with Crippen LogP contribution in [0.4, 0.5) is 5.95 Å². The van der Waals surface area contributed by atoms with E-state index < -0.39 is 0 Å². The minimum absolute atomic E-state index is 0.137. The van der Waals surface area contributed by atoms with E-state index in [1.807, 2.05) is 0 Å². The van der Waals surface area contributed by atoms with Crippen molar-refractivity contribution in [2.75, 3.05) is 0 Å². The molecule has 0 spiro atoms. The van der Waals surface area contributed by atoms with Crippen LogP contribution in [0.2, 0.25) is 0 Å². The number of rotatable bonds is 2. The lowest BCUT2D eigenvalue weighted by Gasteiger charge is -1.75. The molecule has 1 aromatic heterocycles. The predicted molar refractivity (Wildman–Crippen MR) is 34.7 cm³/mol. The molecule has 0 fully saturated rings. The van der Waals surface area contributed by atoms with Gasteiger partial charge in [-0.25, -0.2) is 4.98 Å². The molecular weight excluding hydrogens is 156 g/mol. The molecule has 0 bridgehead atoms. The average molecular weight is 159 g/mol. The molecule has 0 saturated heterocycles. The molecule has 1 heterocycles. The van der Waals surface area contributed by atoms with Crippen LogP contribution in [0, 0.1) is 0 Å². The quantitative estimate of drug-likeness (QED) is 0.306. The van der Waals surface area contributed by atoms with Gasteiger partial charge >= 0.3 is 0 Å². The molecule has 0 atom stereocenters. The molecule has 52 valence electrons. The molecule has 0 aliphatic carbocycles. The molecular formula is C3H3ClN6. The number of nitrogens with one attached hydrogen (secondary N) is 1. The van der Waals surface area contributed by atoms with Crippen LogP contribution in [-0.4, -0.2) is 15.2 Å². The van der Waals surface area contributed by atoms with Crippen molar-refractivity contribution in [3.05, 3.63) is 16.3 Å². The fraction of sp³-hybridized carbons (Fsp3) is 0.333. The second kappa shape index (κ2) is 3.05. The molecule has 0 amide bonds. The van der Waals surface area contributed by atoms with E-state index in [9.17, 15) is 0 Å². The first kappa shape index (κ1) is 6.85. The molecule has 10 heavy (non-hydrogen) atoms. The molecule has 7 heteroatoms. The summed E-state index contributed by atoms with van der Waals surface area (Å²) in [5.41, 5.74) is 7.94. The summed E-state index contributed by atoms with van der Waals surface area (Å²) >= 11 is 5.36. The Morgan fingerprint density at radius 3 is 3.10 bits per heavy atom. The van der Waals surface area contributed by atoms with Gasteiger partial charge in [-0.3, -0.25) is 5.10 Å². The fourth-order valence-electron chi connectivity index (χ4n) is 0.434. The summed E-state index contributed by atoms with van der Waals surface area (Å²) in [6, 6.07) is 0. The molecule has 1 aromatic rings. The Hall–Kier alpha value is -1.26. The minimum Gasteiger partial charge on any atom is -0.258 e. The van der Waals surface area contributed by atoms with Crippen LogP contribution in [0.25, 0.3) is 10.4 Å². The molecule has 0 aromatic carbocycles. The zero-order chi connectivity index (χ0) is 7.40. The average Bonchev–Trinajstić information content (AvgIpc) is 2.37. The summed E-state index contributed by atoms with van der Waals surface area (Å²) in [7, 11) is 0. The third kappa shape index (κ3) is 1.37. The summed E-state index contributed by atoms with van der Waals surface area (Å²) in [6.45, 7) is 0. The Morgan fingerprint density at radius 1 is 1.80 bits per heavy atom. The van der Waals surface area contributed by atoms with Gasteiger partial charge in [0.1, 0.15) is 0 Å². The number of nitrogens with zero attached hydrogens (tertiary/aromatic N) is 5. The van der Waals surface area contributed by atoms with Gasteiger partial charge in [0.25, 0.3) is 0 Å². The van der Waals surface area contributed by atoms with Crippen molar-refractivity contribution in [1.82, 2.24) is 15.2 Å². The first-order chi connectivity index (χ1) is 4.86. The number of H-pyrrole nitrogens is 1. The summed E-state index contributed by atoms with van der Waals surface area (Å²) < 4.78 is 0. The fourth-order valence-corrected chi connectivity index (χ4v) is 0.553. The van der Waals surface area contributed by atoms with Crippen molar-refractivity contribution in [1.29, 1.82) is 0 Å². The van der Waals surface area contributed by atoms with Gasteiger partial charge in [0, 0.05) is 4.91 Å². The van der Waals surface area contributed by atoms with Crippen LogP contribution in [0.5, 0.6) is 0 Å². The maximum atomic E-state index is 7.94. The van der Waals surface area contributed by atoms with Gasteiger partial charge in [-0.05, 0) is 10.6 Å². The molecule has 0 aliphatic rings. The molecule has 0 saturated carbocycles. The summed E-state index contributed by atoms with van der Waals surface area (Å²) in [5.74, 6) is 0.763. The lowest BCUT2D eigenvalue weighted by Crippen LogP contribution is -1.77. The van der Waals surface area contributed by atoms with Crippen molar-refractivity contribution in [2.45, 2.75) is 5.88 Å². The Morgan fingerprint density at radius 2 is 2.60 bits per heavy atom. The number of alkyl halides is 1. The van der Waals surface area contributed by atoms with Crippen LogP contribution >= 0.6 is 11.6 Å². The van der Waals surface area contributed by atoms with Crippen molar-refractivity contribution >= 4 is 17.5 Å². The number of azide groups is 1. The largest absolute Gasteiger partial charge is 0.258 e. The SMILES string of the molecule is [N-]=[N+]=Nc1nc(CCl)n[nH]1. The van der Waals surface area contributed by atoms with Crippen LogP contribution in [0.3, 0.4) is 0 Å². The number of hydrogen-bond donors (Lipinski definition) is 1. The van der Waals surface area contributed by atoms with Gasteiger partial charge in [-0.2, -0.15) is 5.10 Å². The third-order valence-corrected chi connectivity index (χ3v) is 1.02. The highest BCUT2D eigenvalue weighted by molar-refractivity contribution is 6.16. The lowest BCUT2D eigenvalue weighted by molar-refractivity contribution is 1.02. The van der Waals surface area contributed by atoms with Crippen LogP contribution < -0.4 is 0 Å². The maximum absolute atomic E-state index is 7.94. The molecule has 0 unspecified atom stereocenters. The third-order valence-electron chi connectivity index (χ3n) is 0.779. The van der Waals surface area contributed by atoms with Crippen molar-refractivity contribution in [3.8, 4) is 0 Å². The van der Waals surface area contributed by atoms with Gasteiger partial charge in [-0.15, -0.1) is 11.6 Å². The molecule has 0 aliphatic heterocycles. The zero-order valence-corrected chi connectivity index (χ0v) is 5.58. The van der Waals surface area contributed by atoms with Crippen molar-refractivity contribution in [2.24, 2.45) is 5.11 Å². The predicted octanol–water partition coefficient (Wildman–Crippen LogP) is 1.49. The smallest absolute Gasteiger partial charge is 0.212 e. The lowest BCUT2D eigenvalue weighted by atomic mass is 10.7. The second-order valence-corrected chi connectivity index (χ2v) is 1.67. The van der Waals surface area contributed by atoms with E-state index in [0.29, 0.717) is 5.82 Å². The monoisotopic (exact) mass is 158 g/mol. The standard InChI is InChI=1S/C3H3ClN6/c4-1-2-6-3(8-7-2)9-10-5/h1H2,(H,6,7,8). The van der Waals surface area contributed by atoms with Gasteiger partial charge in [-0.1, -0.05) is 0 Å². The van der Waals surface area contributed by atoms with Crippen LogP contribution in [0.15, 0.2) is 5.11 Å². The molecule has 1 N–H and O–H groups in total. The maximum Gasteiger partial charge on any atom is 0.212 e. The van der Waals surface area contributed by atoms with E-state index in [2.05, 4.69) is 25.2 Å². The minimum atomic E-state index is 0.137. The van der Waals surface area contributed by atoms with E-state index in [1.54, 1.807) is 0 Å². The van der Waals surface area contributed by atoms with E-state index in [1.165, 1.54) is 0 Å².